The van der Waals surface area contributed by atoms with Gasteiger partial charge in [0.05, 0.1) is 28.8 Å². The van der Waals surface area contributed by atoms with Crippen molar-refractivity contribution in [2.75, 3.05) is 5.73 Å². The molecule has 0 spiro atoms. The van der Waals surface area contributed by atoms with Gasteiger partial charge in [0, 0.05) is 10.6 Å². The number of rotatable bonds is 3. The van der Waals surface area contributed by atoms with Crippen molar-refractivity contribution in [3.05, 3.63) is 40.1 Å². The van der Waals surface area contributed by atoms with Gasteiger partial charge in [0.25, 0.3) is 0 Å². The fourth-order valence-corrected chi connectivity index (χ4v) is 2.88. The Balaban J connectivity index is 2.13. The average Bonchev–Trinajstić information content (AvgIpc) is 2.94. The van der Waals surface area contributed by atoms with Crippen molar-refractivity contribution in [1.82, 2.24) is 14.5 Å². The van der Waals surface area contributed by atoms with Gasteiger partial charge in [-0.05, 0) is 25.1 Å². The third-order valence-electron chi connectivity index (χ3n) is 3.14. The third-order valence-corrected chi connectivity index (χ3v) is 4.06. The molecule has 2 heterocycles. The molecule has 19 heavy (non-hydrogen) atoms. The third kappa shape index (κ3) is 2.09. The lowest BCUT2D eigenvalue weighted by molar-refractivity contribution is 0.267. The first-order valence-electron chi connectivity index (χ1n) is 5.93. The standard InChI is InChI=1S/C13H14N4OS/c1-8-12(19-7-15-8)5-17-11-3-2-9(14)4-10(11)16-13(17)6-18/h2-4,7,18H,5-6,14H2,1H3. The van der Waals surface area contributed by atoms with Crippen LogP contribution in [0.5, 0.6) is 0 Å². The lowest BCUT2D eigenvalue weighted by Crippen LogP contribution is -2.05. The smallest absolute Gasteiger partial charge is 0.136 e. The molecule has 0 saturated heterocycles. The number of nitrogens with two attached hydrogens (primary N) is 1. The second kappa shape index (κ2) is 4.64. The molecule has 3 N–H and O–H groups in total. The molecule has 0 saturated carbocycles. The minimum absolute atomic E-state index is 0.0908. The number of aryl methyl sites for hydroxylation is 1. The molecule has 0 aliphatic heterocycles. The largest absolute Gasteiger partial charge is 0.399 e. The highest BCUT2D eigenvalue weighted by atomic mass is 32.1. The zero-order valence-corrected chi connectivity index (χ0v) is 11.3. The highest BCUT2D eigenvalue weighted by Crippen LogP contribution is 2.22. The van der Waals surface area contributed by atoms with Crippen LogP contribution in [0.3, 0.4) is 0 Å². The molecular weight excluding hydrogens is 260 g/mol. The molecule has 0 aliphatic rings. The number of thiazole rings is 1. The van der Waals surface area contributed by atoms with Gasteiger partial charge in [-0.3, -0.25) is 0 Å². The zero-order valence-electron chi connectivity index (χ0n) is 10.5. The highest BCUT2D eigenvalue weighted by Gasteiger charge is 2.12. The first-order valence-corrected chi connectivity index (χ1v) is 6.81. The quantitative estimate of drug-likeness (QED) is 0.715. The molecule has 0 aliphatic carbocycles. The lowest BCUT2D eigenvalue weighted by Gasteiger charge is -2.06. The Bertz CT molecular complexity index is 731. The van der Waals surface area contributed by atoms with E-state index in [1.54, 1.807) is 11.3 Å². The molecule has 0 fully saturated rings. The van der Waals surface area contributed by atoms with Crippen molar-refractivity contribution in [3.8, 4) is 0 Å². The maximum absolute atomic E-state index is 9.46. The van der Waals surface area contributed by atoms with E-state index in [0.717, 1.165) is 16.7 Å². The van der Waals surface area contributed by atoms with Gasteiger partial charge in [-0.15, -0.1) is 11.3 Å². The number of imidazole rings is 1. The lowest BCUT2D eigenvalue weighted by atomic mass is 10.3. The Kier molecular flexibility index (Phi) is 2.96. The summed E-state index contributed by atoms with van der Waals surface area (Å²) in [4.78, 5) is 9.84. The van der Waals surface area contributed by atoms with Crippen LogP contribution in [0.2, 0.25) is 0 Å². The summed E-state index contributed by atoms with van der Waals surface area (Å²) < 4.78 is 2.01. The molecule has 98 valence electrons. The zero-order chi connectivity index (χ0) is 13.4. The van der Waals surface area contributed by atoms with Gasteiger partial charge in [0.2, 0.25) is 0 Å². The molecule has 0 radical (unpaired) electrons. The predicted octanol–water partition coefficient (Wildman–Crippen LogP) is 1.92. The van der Waals surface area contributed by atoms with Crippen LogP contribution >= 0.6 is 11.3 Å². The number of hydrogen-bond donors (Lipinski definition) is 2. The summed E-state index contributed by atoms with van der Waals surface area (Å²) >= 11 is 1.61. The summed E-state index contributed by atoms with van der Waals surface area (Å²) in [5.74, 6) is 0.647. The van der Waals surface area contributed by atoms with Crippen LogP contribution in [0.1, 0.15) is 16.4 Å². The van der Waals surface area contributed by atoms with E-state index >= 15 is 0 Å². The summed E-state index contributed by atoms with van der Waals surface area (Å²) in [5, 5.41) is 9.46. The van der Waals surface area contributed by atoms with Crippen molar-refractivity contribution < 1.29 is 5.11 Å². The molecule has 5 nitrogen and oxygen atoms in total. The van der Waals surface area contributed by atoms with Crippen LogP contribution in [0.4, 0.5) is 5.69 Å². The topological polar surface area (TPSA) is 77.0 Å². The number of benzene rings is 1. The number of fused-ring (bicyclic) bond motifs is 1. The first kappa shape index (κ1) is 12.1. The van der Waals surface area contributed by atoms with E-state index in [2.05, 4.69) is 9.97 Å². The molecule has 3 rings (SSSR count). The Morgan fingerprint density at radius 2 is 2.26 bits per heavy atom. The second-order valence-corrected chi connectivity index (χ2v) is 5.32. The number of anilines is 1. The number of nitrogen functional groups attached to an aromatic ring is 1. The Labute approximate surface area is 114 Å². The van der Waals surface area contributed by atoms with E-state index in [4.69, 9.17) is 5.73 Å². The molecular formula is C13H14N4OS. The minimum atomic E-state index is -0.0908. The van der Waals surface area contributed by atoms with Gasteiger partial charge in [0.15, 0.2) is 0 Å². The van der Waals surface area contributed by atoms with Crippen LogP contribution < -0.4 is 5.73 Å². The van der Waals surface area contributed by atoms with Crippen molar-refractivity contribution in [3.63, 3.8) is 0 Å². The first-order chi connectivity index (χ1) is 9.19. The number of hydrogen-bond acceptors (Lipinski definition) is 5. The molecule has 6 heteroatoms. The Hall–Kier alpha value is -1.92. The molecule has 2 aromatic heterocycles. The highest BCUT2D eigenvalue weighted by molar-refractivity contribution is 7.09. The van der Waals surface area contributed by atoms with Gasteiger partial charge in [-0.2, -0.15) is 0 Å². The van der Waals surface area contributed by atoms with Gasteiger partial charge < -0.3 is 15.4 Å². The van der Waals surface area contributed by atoms with E-state index in [1.807, 2.05) is 35.2 Å². The van der Waals surface area contributed by atoms with Gasteiger partial charge in [-0.1, -0.05) is 0 Å². The van der Waals surface area contributed by atoms with Gasteiger partial charge >= 0.3 is 0 Å². The monoisotopic (exact) mass is 274 g/mol. The SMILES string of the molecule is Cc1ncsc1Cn1c(CO)nc2cc(N)ccc21. The van der Waals surface area contributed by atoms with Crippen molar-refractivity contribution >= 4 is 28.1 Å². The van der Waals surface area contributed by atoms with E-state index < -0.39 is 0 Å². The number of aliphatic hydroxyl groups excluding tert-OH is 1. The van der Waals surface area contributed by atoms with Crippen LogP contribution in [0.15, 0.2) is 23.7 Å². The number of nitrogens with zero attached hydrogens (tertiary/aromatic N) is 3. The van der Waals surface area contributed by atoms with E-state index in [-0.39, 0.29) is 6.61 Å². The summed E-state index contributed by atoms with van der Waals surface area (Å²) in [5.41, 5.74) is 11.1. The number of aliphatic hydroxyl groups is 1. The van der Waals surface area contributed by atoms with Crippen molar-refractivity contribution in [2.45, 2.75) is 20.1 Å². The molecule has 0 unspecified atom stereocenters. The van der Waals surface area contributed by atoms with Crippen LogP contribution in [-0.2, 0) is 13.2 Å². The van der Waals surface area contributed by atoms with Gasteiger partial charge in [0.1, 0.15) is 12.4 Å². The summed E-state index contributed by atoms with van der Waals surface area (Å²) in [6.45, 7) is 2.57. The maximum Gasteiger partial charge on any atom is 0.136 e. The van der Waals surface area contributed by atoms with Crippen LogP contribution in [-0.4, -0.2) is 19.6 Å². The average molecular weight is 274 g/mol. The fraction of sp³-hybridized carbons (Fsp3) is 0.231. The maximum atomic E-state index is 9.46. The summed E-state index contributed by atoms with van der Waals surface area (Å²) in [6.07, 6.45) is 0. The molecule has 3 aromatic rings. The van der Waals surface area contributed by atoms with E-state index in [0.29, 0.717) is 18.1 Å². The summed E-state index contributed by atoms with van der Waals surface area (Å²) in [6, 6.07) is 5.61. The summed E-state index contributed by atoms with van der Waals surface area (Å²) in [7, 11) is 0. The van der Waals surface area contributed by atoms with E-state index in [9.17, 15) is 5.11 Å². The second-order valence-electron chi connectivity index (χ2n) is 4.38. The van der Waals surface area contributed by atoms with Crippen LogP contribution in [0.25, 0.3) is 11.0 Å². The minimum Gasteiger partial charge on any atom is -0.399 e. The molecule has 0 amide bonds. The van der Waals surface area contributed by atoms with Gasteiger partial charge in [-0.25, -0.2) is 9.97 Å². The molecule has 0 bridgehead atoms. The van der Waals surface area contributed by atoms with Crippen molar-refractivity contribution in [2.24, 2.45) is 0 Å². The number of aromatic nitrogens is 3. The Morgan fingerprint density at radius 1 is 1.42 bits per heavy atom. The normalized spacial score (nSPS) is 11.3. The predicted molar refractivity (Wildman–Crippen MR) is 76.0 cm³/mol. The van der Waals surface area contributed by atoms with E-state index in [1.165, 1.54) is 4.88 Å². The fourth-order valence-electron chi connectivity index (χ4n) is 2.12. The van der Waals surface area contributed by atoms with Crippen molar-refractivity contribution in [1.29, 1.82) is 0 Å². The molecule has 1 aromatic carbocycles. The Morgan fingerprint density at radius 3 is 2.95 bits per heavy atom. The molecule has 0 atom stereocenters. The van der Waals surface area contributed by atoms with Crippen LogP contribution in [0, 0.1) is 6.92 Å².